The van der Waals surface area contributed by atoms with Gasteiger partial charge >= 0.3 is 5.69 Å². The summed E-state index contributed by atoms with van der Waals surface area (Å²) in [6.07, 6.45) is 1.76. The van der Waals surface area contributed by atoms with E-state index in [1.54, 1.807) is 6.07 Å². The Morgan fingerprint density at radius 1 is 1.40 bits per heavy atom. The number of aliphatic hydroxyl groups excluding tert-OH is 1. The molecule has 1 rings (SSSR count). The summed E-state index contributed by atoms with van der Waals surface area (Å²) in [5.41, 5.74) is -0.212. The molecule has 0 heterocycles. The van der Waals surface area contributed by atoms with Crippen LogP contribution in [0.4, 0.5) is 10.1 Å². The van der Waals surface area contributed by atoms with E-state index in [1.807, 2.05) is 18.7 Å². The van der Waals surface area contributed by atoms with Gasteiger partial charge in [-0.05, 0) is 12.8 Å². The van der Waals surface area contributed by atoms with Crippen LogP contribution in [-0.2, 0) is 6.54 Å². The lowest BCUT2D eigenvalue weighted by atomic mass is 10.1. The molecule has 1 aromatic rings. The highest BCUT2D eigenvalue weighted by molar-refractivity contribution is 5.36. The smallest absolute Gasteiger partial charge is 0.305 e. The van der Waals surface area contributed by atoms with Gasteiger partial charge in [0.1, 0.15) is 0 Å². The van der Waals surface area contributed by atoms with Crippen LogP contribution in [0.5, 0.6) is 0 Å². The number of aliphatic hydroxyl groups is 1. The summed E-state index contributed by atoms with van der Waals surface area (Å²) in [6.45, 7) is 4.73. The quantitative estimate of drug-likeness (QED) is 0.589. The standard InChI is InChI=1S/C14H21FN2O3/c1-3-12(4-2)16(8-9-18)10-11-6-5-7-13(14(11)15)17(19)20/h5-7,12,18H,3-4,8-10H2,1-2H3. The van der Waals surface area contributed by atoms with Crippen LogP contribution in [0.2, 0.25) is 0 Å². The van der Waals surface area contributed by atoms with Crippen LogP contribution in [0.25, 0.3) is 0 Å². The second kappa shape index (κ2) is 7.91. The summed E-state index contributed by atoms with van der Waals surface area (Å²) >= 11 is 0. The van der Waals surface area contributed by atoms with Crippen LogP contribution < -0.4 is 0 Å². The monoisotopic (exact) mass is 284 g/mol. The average Bonchev–Trinajstić information content (AvgIpc) is 2.42. The van der Waals surface area contributed by atoms with Crippen LogP contribution in [0.1, 0.15) is 32.3 Å². The van der Waals surface area contributed by atoms with E-state index in [2.05, 4.69) is 0 Å². The summed E-state index contributed by atoms with van der Waals surface area (Å²) in [6, 6.07) is 4.42. The van der Waals surface area contributed by atoms with Crippen molar-refractivity contribution in [2.45, 2.75) is 39.3 Å². The SMILES string of the molecule is CCC(CC)N(CCO)Cc1cccc([N+](=O)[O-])c1F. The third-order valence-electron chi connectivity index (χ3n) is 3.47. The van der Waals surface area contributed by atoms with E-state index in [0.717, 1.165) is 18.9 Å². The highest BCUT2D eigenvalue weighted by Gasteiger charge is 2.21. The highest BCUT2D eigenvalue weighted by Crippen LogP contribution is 2.22. The van der Waals surface area contributed by atoms with Crippen LogP contribution in [0.3, 0.4) is 0 Å². The molecule has 0 unspecified atom stereocenters. The van der Waals surface area contributed by atoms with Crippen molar-refractivity contribution >= 4 is 5.69 Å². The Hall–Kier alpha value is -1.53. The lowest BCUT2D eigenvalue weighted by Gasteiger charge is -2.29. The minimum atomic E-state index is -0.786. The maximum Gasteiger partial charge on any atom is 0.305 e. The molecule has 112 valence electrons. The molecule has 6 heteroatoms. The molecule has 0 spiro atoms. The fourth-order valence-corrected chi connectivity index (χ4v) is 2.37. The summed E-state index contributed by atoms with van der Waals surface area (Å²) in [4.78, 5) is 12.0. The van der Waals surface area contributed by atoms with Crippen LogP contribution in [0, 0.1) is 15.9 Å². The number of benzene rings is 1. The van der Waals surface area contributed by atoms with E-state index < -0.39 is 16.4 Å². The lowest BCUT2D eigenvalue weighted by molar-refractivity contribution is -0.387. The molecule has 0 aliphatic carbocycles. The van der Waals surface area contributed by atoms with Gasteiger partial charge in [0.2, 0.25) is 5.82 Å². The van der Waals surface area contributed by atoms with Crippen molar-refractivity contribution in [3.05, 3.63) is 39.7 Å². The molecule has 0 saturated carbocycles. The highest BCUT2D eigenvalue weighted by atomic mass is 19.1. The van der Waals surface area contributed by atoms with E-state index >= 15 is 0 Å². The summed E-state index contributed by atoms with van der Waals surface area (Å²) in [5.74, 6) is -0.786. The van der Waals surface area contributed by atoms with Crippen molar-refractivity contribution in [1.29, 1.82) is 0 Å². The van der Waals surface area contributed by atoms with E-state index in [4.69, 9.17) is 5.11 Å². The van der Waals surface area contributed by atoms with Gasteiger partial charge in [-0.15, -0.1) is 0 Å². The molecule has 0 saturated heterocycles. The normalized spacial score (nSPS) is 11.3. The molecule has 0 amide bonds. The van der Waals surface area contributed by atoms with Gasteiger partial charge < -0.3 is 5.11 Å². The molecular formula is C14H21FN2O3. The van der Waals surface area contributed by atoms with Crippen molar-refractivity contribution in [1.82, 2.24) is 4.90 Å². The minimum absolute atomic E-state index is 0.0208. The fraction of sp³-hybridized carbons (Fsp3) is 0.571. The Morgan fingerprint density at radius 3 is 2.55 bits per heavy atom. The van der Waals surface area contributed by atoms with Gasteiger partial charge in [-0.2, -0.15) is 4.39 Å². The molecule has 0 bridgehead atoms. The summed E-state index contributed by atoms with van der Waals surface area (Å²) in [7, 11) is 0. The zero-order valence-electron chi connectivity index (χ0n) is 11.9. The van der Waals surface area contributed by atoms with E-state index in [-0.39, 0.29) is 19.2 Å². The Morgan fingerprint density at radius 2 is 2.05 bits per heavy atom. The summed E-state index contributed by atoms with van der Waals surface area (Å²) in [5, 5.41) is 19.9. The van der Waals surface area contributed by atoms with Gasteiger partial charge in [0.25, 0.3) is 0 Å². The van der Waals surface area contributed by atoms with E-state index in [1.165, 1.54) is 6.07 Å². The molecule has 20 heavy (non-hydrogen) atoms. The first-order valence-electron chi connectivity index (χ1n) is 6.81. The molecule has 0 aliphatic rings. The number of rotatable bonds is 8. The average molecular weight is 284 g/mol. The van der Waals surface area contributed by atoms with Crippen LogP contribution >= 0.6 is 0 Å². The maximum atomic E-state index is 14.1. The van der Waals surface area contributed by atoms with Crippen molar-refractivity contribution < 1.29 is 14.4 Å². The molecule has 0 atom stereocenters. The Bertz CT molecular complexity index is 450. The number of hydrogen-bond acceptors (Lipinski definition) is 4. The molecular weight excluding hydrogens is 263 g/mol. The molecule has 0 aliphatic heterocycles. The van der Waals surface area contributed by atoms with Gasteiger partial charge in [-0.25, -0.2) is 0 Å². The number of nitro groups is 1. The van der Waals surface area contributed by atoms with Gasteiger partial charge in [0, 0.05) is 30.8 Å². The fourth-order valence-electron chi connectivity index (χ4n) is 2.37. The van der Waals surface area contributed by atoms with E-state index in [9.17, 15) is 14.5 Å². The first-order chi connectivity index (χ1) is 9.54. The number of hydrogen-bond donors (Lipinski definition) is 1. The number of nitro benzene ring substituents is 1. The Labute approximate surface area is 118 Å². The van der Waals surface area contributed by atoms with Gasteiger partial charge in [0.15, 0.2) is 0 Å². The second-order valence-electron chi connectivity index (χ2n) is 4.67. The molecule has 0 fully saturated rings. The predicted octanol–water partition coefficient (Wildman–Crippen LogP) is 2.72. The third-order valence-corrected chi connectivity index (χ3v) is 3.47. The third kappa shape index (κ3) is 3.98. The van der Waals surface area contributed by atoms with Crippen LogP contribution in [0.15, 0.2) is 18.2 Å². The lowest BCUT2D eigenvalue weighted by Crippen LogP contribution is -2.36. The zero-order chi connectivity index (χ0) is 15.1. The second-order valence-corrected chi connectivity index (χ2v) is 4.67. The molecule has 0 radical (unpaired) electrons. The number of halogens is 1. The zero-order valence-corrected chi connectivity index (χ0v) is 11.9. The Balaban J connectivity index is 2.99. The van der Waals surface area contributed by atoms with Gasteiger partial charge in [0.05, 0.1) is 11.5 Å². The molecule has 5 nitrogen and oxygen atoms in total. The minimum Gasteiger partial charge on any atom is -0.395 e. The summed E-state index contributed by atoms with van der Waals surface area (Å²) < 4.78 is 14.1. The van der Waals surface area contributed by atoms with E-state index in [0.29, 0.717) is 12.1 Å². The Kier molecular flexibility index (Phi) is 6.54. The van der Waals surface area contributed by atoms with Crippen molar-refractivity contribution in [2.24, 2.45) is 0 Å². The van der Waals surface area contributed by atoms with Crippen molar-refractivity contribution in [3.8, 4) is 0 Å². The van der Waals surface area contributed by atoms with Gasteiger partial charge in [-0.1, -0.05) is 26.0 Å². The van der Waals surface area contributed by atoms with Gasteiger partial charge in [-0.3, -0.25) is 15.0 Å². The largest absolute Gasteiger partial charge is 0.395 e. The molecule has 1 aromatic carbocycles. The van der Waals surface area contributed by atoms with Crippen molar-refractivity contribution in [2.75, 3.05) is 13.2 Å². The van der Waals surface area contributed by atoms with Crippen LogP contribution in [-0.4, -0.2) is 34.1 Å². The first kappa shape index (κ1) is 16.5. The first-order valence-corrected chi connectivity index (χ1v) is 6.81. The topological polar surface area (TPSA) is 66.6 Å². The predicted molar refractivity (Wildman–Crippen MR) is 74.9 cm³/mol. The maximum absolute atomic E-state index is 14.1. The molecule has 1 N–H and O–H groups in total. The number of nitrogens with zero attached hydrogens (tertiary/aromatic N) is 2. The molecule has 0 aromatic heterocycles. The van der Waals surface area contributed by atoms with Crippen molar-refractivity contribution in [3.63, 3.8) is 0 Å².